The molecular formula is C16H21N3O. The van der Waals surface area contributed by atoms with E-state index in [1.807, 2.05) is 18.6 Å². The molecule has 0 saturated heterocycles. The Hall–Kier alpha value is -1.81. The van der Waals surface area contributed by atoms with E-state index in [0.717, 1.165) is 37.3 Å². The van der Waals surface area contributed by atoms with E-state index in [1.54, 1.807) is 0 Å². The Morgan fingerprint density at radius 3 is 3.20 bits per heavy atom. The van der Waals surface area contributed by atoms with Crippen molar-refractivity contribution in [3.05, 3.63) is 47.5 Å². The Balaban J connectivity index is 1.68. The third kappa shape index (κ3) is 2.56. The number of hydrogen-bond donors (Lipinski definition) is 1. The number of fused-ring (bicyclic) bond motifs is 1. The average Bonchev–Trinajstić information content (AvgIpc) is 3.04. The van der Waals surface area contributed by atoms with Gasteiger partial charge in [0.05, 0.1) is 18.2 Å². The first-order valence-corrected chi connectivity index (χ1v) is 7.28. The highest BCUT2D eigenvalue weighted by molar-refractivity contribution is 5.40. The van der Waals surface area contributed by atoms with Crippen molar-refractivity contribution in [2.24, 2.45) is 5.73 Å². The topological polar surface area (TPSA) is 53.1 Å². The maximum absolute atomic E-state index is 6.05. The molecule has 0 fully saturated rings. The second-order valence-electron chi connectivity index (χ2n) is 5.37. The minimum Gasteiger partial charge on any atom is -0.487 e. The van der Waals surface area contributed by atoms with Gasteiger partial charge < -0.3 is 15.0 Å². The summed E-state index contributed by atoms with van der Waals surface area (Å²) in [6, 6.07) is 6.45. The summed E-state index contributed by atoms with van der Waals surface area (Å²) in [4.78, 5) is 4.19. The minimum atomic E-state index is 0.199. The molecule has 0 amide bonds. The van der Waals surface area contributed by atoms with Crippen molar-refractivity contribution in [2.45, 2.75) is 45.4 Å². The van der Waals surface area contributed by atoms with Crippen LogP contribution in [0.2, 0.25) is 0 Å². The maximum atomic E-state index is 6.05. The van der Waals surface area contributed by atoms with Gasteiger partial charge in [-0.25, -0.2) is 4.98 Å². The van der Waals surface area contributed by atoms with Gasteiger partial charge in [-0.1, -0.05) is 13.0 Å². The second kappa shape index (κ2) is 5.67. The lowest BCUT2D eigenvalue weighted by atomic mass is 10.1. The van der Waals surface area contributed by atoms with Gasteiger partial charge in [-0.05, 0) is 42.5 Å². The zero-order valence-corrected chi connectivity index (χ0v) is 11.9. The highest BCUT2D eigenvalue weighted by Gasteiger charge is 2.19. The van der Waals surface area contributed by atoms with Gasteiger partial charge in [0.1, 0.15) is 12.4 Å². The summed E-state index contributed by atoms with van der Waals surface area (Å²) in [6.45, 7) is 3.71. The third-order valence-electron chi connectivity index (χ3n) is 3.89. The molecule has 1 aliphatic rings. The van der Waals surface area contributed by atoms with E-state index >= 15 is 0 Å². The molecule has 20 heavy (non-hydrogen) atoms. The summed E-state index contributed by atoms with van der Waals surface area (Å²) in [5.74, 6) is 0.919. The van der Waals surface area contributed by atoms with Gasteiger partial charge in [0.25, 0.3) is 0 Å². The summed E-state index contributed by atoms with van der Waals surface area (Å²) in [5.41, 5.74) is 9.77. The molecule has 0 aliphatic heterocycles. The Morgan fingerprint density at radius 2 is 2.35 bits per heavy atom. The molecule has 0 radical (unpaired) electrons. The van der Waals surface area contributed by atoms with Crippen LogP contribution in [0.15, 0.2) is 30.7 Å². The average molecular weight is 271 g/mol. The molecule has 1 heterocycles. The van der Waals surface area contributed by atoms with Crippen molar-refractivity contribution in [3.63, 3.8) is 0 Å². The van der Waals surface area contributed by atoms with Crippen LogP contribution in [-0.4, -0.2) is 9.55 Å². The fraction of sp³-hybridized carbons (Fsp3) is 0.438. The largest absolute Gasteiger partial charge is 0.487 e. The SMILES string of the molecule is CCCn1cncc1COc1ccc2c(c1)CC[C@H]2N. The number of benzene rings is 1. The summed E-state index contributed by atoms with van der Waals surface area (Å²) in [6.07, 6.45) is 6.94. The number of nitrogens with two attached hydrogens (primary N) is 1. The van der Waals surface area contributed by atoms with Gasteiger partial charge >= 0.3 is 0 Å². The molecule has 1 aromatic heterocycles. The lowest BCUT2D eigenvalue weighted by Crippen LogP contribution is -2.06. The molecule has 1 atom stereocenters. The van der Waals surface area contributed by atoms with Crippen molar-refractivity contribution >= 4 is 0 Å². The monoisotopic (exact) mass is 271 g/mol. The smallest absolute Gasteiger partial charge is 0.130 e. The zero-order chi connectivity index (χ0) is 13.9. The van der Waals surface area contributed by atoms with Crippen LogP contribution < -0.4 is 10.5 Å². The summed E-state index contributed by atoms with van der Waals surface area (Å²) >= 11 is 0. The number of nitrogens with zero attached hydrogens (tertiary/aromatic N) is 2. The van der Waals surface area contributed by atoms with E-state index in [9.17, 15) is 0 Å². The first-order valence-electron chi connectivity index (χ1n) is 7.28. The van der Waals surface area contributed by atoms with Crippen LogP contribution in [0.1, 0.15) is 42.6 Å². The normalized spacial score (nSPS) is 17.2. The molecule has 1 aromatic carbocycles. The van der Waals surface area contributed by atoms with Crippen molar-refractivity contribution in [1.29, 1.82) is 0 Å². The minimum absolute atomic E-state index is 0.199. The quantitative estimate of drug-likeness (QED) is 0.909. The van der Waals surface area contributed by atoms with E-state index in [1.165, 1.54) is 11.1 Å². The Kier molecular flexibility index (Phi) is 3.74. The van der Waals surface area contributed by atoms with Crippen molar-refractivity contribution in [1.82, 2.24) is 9.55 Å². The molecule has 1 aliphatic carbocycles. The Morgan fingerprint density at radius 1 is 1.45 bits per heavy atom. The highest BCUT2D eigenvalue weighted by atomic mass is 16.5. The van der Waals surface area contributed by atoms with Gasteiger partial charge in [-0.15, -0.1) is 0 Å². The number of ether oxygens (including phenoxy) is 1. The molecule has 0 bridgehead atoms. The number of imidazole rings is 1. The van der Waals surface area contributed by atoms with Crippen molar-refractivity contribution in [3.8, 4) is 5.75 Å². The molecule has 3 rings (SSSR count). The van der Waals surface area contributed by atoms with Crippen LogP contribution in [0.25, 0.3) is 0 Å². The van der Waals surface area contributed by atoms with E-state index in [-0.39, 0.29) is 6.04 Å². The van der Waals surface area contributed by atoms with Crippen LogP contribution in [-0.2, 0) is 19.6 Å². The van der Waals surface area contributed by atoms with Gasteiger partial charge in [-0.3, -0.25) is 0 Å². The summed E-state index contributed by atoms with van der Waals surface area (Å²) in [7, 11) is 0. The van der Waals surface area contributed by atoms with Gasteiger partial charge in [-0.2, -0.15) is 0 Å². The van der Waals surface area contributed by atoms with Crippen LogP contribution in [0, 0.1) is 0 Å². The van der Waals surface area contributed by atoms with Crippen molar-refractivity contribution in [2.75, 3.05) is 0 Å². The van der Waals surface area contributed by atoms with E-state index in [2.05, 4.69) is 28.6 Å². The molecule has 2 N–H and O–H groups in total. The molecule has 4 heteroatoms. The van der Waals surface area contributed by atoms with Gasteiger partial charge in [0.2, 0.25) is 0 Å². The fourth-order valence-corrected chi connectivity index (χ4v) is 2.78. The first kappa shape index (κ1) is 13.2. The summed E-state index contributed by atoms with van der Waals surface area (Å²) < 4.78 is 8.04. The number of hydrogen-bond acceptors (Lipinski definition) is 3. The van der Waals surface area contributed by atoms with Crippen LogP contribution >= 0.6 is 0 Å². The molecule has 106 valence electrons. The number of aryl methyl sites for hydroxylation is 2. The van der Waals surface area contributed by atoms with E-state index in [0.29, 0.717) is 6.61 Å². The molecule has 0 unspecified atom stereocenters. The zero-order valence-electron chi connectivity index (χ0n) is 11.9. The van der Waals surface area contributed by atoms with E-state index < -0.39 is 0 Å². The van der Waals surface area contributed by atoms with Crippen LogP contribution in [0.4, 0.5) is 0 Å². The predicted octanol–water partition coefficient (Wildman–Crippen LogP) is 2.82. The lowest BCUT2D eigenvalue weighted by Gasteiger charge is -2.11. The molecular weight excluding hydrogens is 250 g/mol. The molecule has 0 spiro atoms. The standard InChI is InChI=1S/C16H21N3O/c1-2-7-19-11-18-9-13(19)10-20-14-4-5-15-12(8-14)3-6-16(15)17/h4-5,8-9,11,16H,2-3,6-7,10,17H2,1H3/t16-/m1/s1. The third-order valence-corrected chi connectivity index (χ3v) is 3.89. The van der Waals surface area contributed by atoms with Crippen LogP contribution in [0.3, 0.4) is 0 Å². The first-order chi connectivity index (χ1) is 9.78. The van der Waals surface area contributed by atoms with Crippen LogP contribution in [0.5, 0.6) is 5.75 Å². The van der Waals surface area contributed by atoms with Crippen molar-refractivity contribution < 1.29 is 4.74 Å². The van der Waals surface area contributed by atoms with Gasteiger partial charge in [0, 0.05) is 12.6 Å². The highest BCUT2D eigenvalue weighted by Crippen LogP contribution is 2.32. The Labute approximate surface area is 119 Å². The molecule has 2 aromatic rings. The number of aromatic nitrogens is 2. The predicted molar refractivity (Wildman–Crippen MR) is 78.5 cm³/mol. The maximum Gasteiger partial charge on any atom is 0.130 e. The molecule has 0 saturated carbocycles. The molecule has 4 nitrogen and oxygen atoms in total. The number of rotatable bonds is 5. The summed E-state index contributed by atoms with van der Waals surface area (Å²) in [5, 5.41) is 0. The van der Waals surface area contributed by atoms with E-state index in [4.69, 9.17) is 10.5 Å². The second-order valence-corrected chi connectivity index (χ2v) is 5.37. The van der Waals surface area contributed by atoms with Gasteiger partial charge in [0.15, 0.2) is 0 Å². The Bertz CT molecular complexity index is 591. The fourth-order valence-electron chi connectivity index (χ4n) is 2.78. The lowest BCUT2D eigenvalue weighted by molar-refractivity contribution is 0.294.